The fourth-order valence-electron chi connectivity index (χ4n) is 3.41. The summed E-state index contributed by atoms with van der Waals surface area (Å²) in [6, 6.07) is 3.99. The Morgan fingerprint density at radius 1 is 1.46 bits per heavy atom. The highest BCUT2D eigenvalue weighted by Crippen LogP contribution is 2.29. The fourth-order valence-corrected chi connectivity index (χ4v) is 4.32. The summed E-state index contributed by atoms with van der Waals surface area (Å²) in [4.78, 5) is 21.9. The SMILES string of the molecule is CC(=O)Nc1nc(F)c(CN2C[C@H](Oc3ccn4nc(C)nc4c3)C[C@@H]2C)s1. The van der Waals surface area contributed by atoms with Gasteiger partial charge in [0.25, 0.3) is 0 Å². The summed E-state index contributed by atoms with van der Waals surface area (Å²) < 4.78 is 22.0. The second-order valence-corrected chi connectivity index (χ2v) is 8.08. The van der Waals surface area contributed by atoms with Gasteiger partial charge in [-0.2, -0.15) is 14.5 Å². The number of nitrogens with one attached hydrogen (secondary N) is 1. The molecule has 28 heavy (non-hydrogen) atoms. The molecule has 148 valence electrons. The molecule has 2 atom stereocenters. The van der Waals surface area contributed by atoms with Gasteiger partial charge in [-0.3, -0.25) is 9.69 Å². The summed E-state index contributed by atoms with van der Waals surface area (Å²) in [7, 11) is 0. The zero-order valence-corrected chi connectivity index (χ0v) is 16.7. The van der Waals surface area contributed by atoms with Gasteiger partial charge in [0.15, 0.2) is 10.8 Å². The molecule has 0 spiro atoms. The molecule has 1 amide bonds. The summed E-state index contributed by atoms with van der Waals surface area (Å²) in [5, 5.41) is 7.08. The Hall–Kier alpha value is -2.59. The molecule has 0 saturated carbocycles. The molecule has 1 saturated heterocycles. The van der Waals surface area contributed by atoms with Gasteiger partial charge >= 0.3 is 0 Å². The van der Waals surface area contributed by atoms with E-state index in [9.17, 15) is 9.18 Å². The van der Waals surface area contributed by atoms with Crippen molar-refractivity contribution in [1.82, 2.24) is 24.5 Å². The van der Waals surface area contributed by atoms with Crippen molar-refractivity contribution in [2.45, 2.75) is 45.9 Å². The number of fused-ring (bicyclic) bond motifs is 1. The molecule has 4 heterocycles. The maximum absolute atomic E-state index is 14.1. The minimum Gasteiger partial charge on any atom is -0.489 e. The summed E-state index contributed by atoms with van der Waals surface area (Å²) >= 11 is 1.17. The van der Waals surface area contributed by atoms with Gasteiger partial charge in [-0.1, -0.05) is 11.3 Å². The number of likely N-dealkylation sites (tertiary alicyclic amines) is 1. The molecule has 0 aromatic carbocycles. The second kappa shape index (κ2) is 7.44. The largest absolute Gasteiger partial charge is 0.489 e. The van der Waals surface area contributed by atoms with E-state index in [0.29, 0.717) is 23.8 Å². The molecule has 4 rings (SSSR count). The zero-order chi connectivity index (χ0) is 19.8. The van der Waals surface area contributed by atoms with Crippen LogP contribution in [0.15, 0.2) is 18.3 Å². The molecule has 1 aliphatic rings. The Bertz CT molecular complexity index is 1020. The number of halogens is 1. The van der Waals surface area contributed by atoms with E-state index in [4.69, 9.17) is 4.74 Å². The Morgan fingerprint density at radius 2 is 2.29 bits per heavy atom. The Balaban J connectivity index is 1.41. The first-order valence-electron chi connectivity index (χ1n) is 9.04. The van der Waals surface area contributed by atoms with Gasteiger partial charge in [-0.15, -0.1) is 0 Å². The zero-order valence-electron chi connectivity index (χ0n) is 15.8. The number of hydrogen-bond donors (Lipinski definition) is 1. The monoisotopic (exact) mass is 404 g/mol. The quantitative estimate of drug-likeness (QED) is 0.704. The molecular formula is C18H21FN6O2S. The van der Waals surface area contributed by atoms with Crippen molar-refractivity contribution in [2.24, 2.45) is 0 Å². The molecule has 0 radical (unpaired) electrons. The average molecular weight is 404 g/mol. The van der Waals surface area contributed by atoms with Crippen LogP contribution in [0.4, 0.5) is 9.52 Å². The third-order valence-electron chi connectivity index (χ3n) is 4.66. The highest BCUT2D eigenvalue weighted by atomic mass is 32.1. The Morgan fingerprint density at radius 3 is 3.07 bits per heavy atom. The molecule has 1 aliphatic heterocycles. The van der Waals surface area contributed by atoms with Crippen LogP contribution in [0.25, 0.3) is 5.65 Å². The number of ether oxygens (including phenoxy) is 1. The van der Waals surface area contributed by atoms with Gasteiger partial charge in [0.05, 0.1) is 4.88 Å². The number of hydrogen-bond acceptors (Lipinski definition) is 7. The first kappa shape index (κ1) is 18.8. The van der Waals surface area contributed by atoms with Crippen LogP contribution in [0, 0.1) is 12.9 Å². The summed E-state index contributed by atoms with van der Waals surface area (Å²) in [6.07, 6.45) is 2.68. The Labute approximate surface area is 165 Å². The van der Waals surface area contributed by atoms with Crippen LogP contribution < -0.4 is 10.1 Å². The van der Waals surface area contributed by atoms with Crippen LogP contribution in [0.1, 0.15) is 31.0 Å². The number of aromatic nitrogens is 4. The van der Waals surface area contributed by atoms with Crippen molar-refractivity contribution in [3.05, 3.63) is 35.0 Å². The van der Waals surface area contributed by atoms with Gasteiger partial charge in [-0.05, 0) is 19.9 Å². The van der Waals surface area contributed by atoms with Crippen LogP contribution in [-0.2, 0) is 11.3 Å². The summed E-state index contributed by atoms with van der Waals surface area (Å²) in [5.41, 5.74) is 0.745. The van der Waals surface area contributed by atoms with Gasteiger partial charge in [0.2, 0.25) is 11.9 Å². The smallest absolute Gasteiger partial charge is 0.230 e. The molecule has 1 N–H and O–H groups in total. The molecule has 1 fully saturated rings. The van der Waals surface area contributed by atoms with Crippen molar-refractivity contribution in [1.29, 1.82) is 0 Å². The van der Waals surface area contributed by atoms with E-state index >= 15 is 0 Å². The molecule has 3 aromatic heterocycles. The summed E-state index contributed by atoms with van der Waals surface area (Å²) in [6.45, 7) is 6.45. The molecule has 8 nitrogen and oxygen atoms in total. The second-order valence-electron chi connectivity index (χ2n) is 6.99. The van der Waals surface area contributed by atoms with Crippen LogP contribution in [-0.4, -0.2) is 49.1 Å². The third kappa shape index (κ3) is 3.97. The van der Waals surface area contributed by atoms with E-state index < -0.39 is 5.95 Å². The van der Waals surface area contributed by atoms with Crippen molar-refractivity contribution >= 4 is 28.0 Å². The van der Waals surface area contributed by atoms with E-state index in [2.05, 4.69) is 32.2 Å². The van der Waals surface area contributed by atoms with Crippen LogP contribution in [0.5, 0.6) is 5.75 Å². The fraction of sp³-hybridized carbons (Fsp3) is 0.444. The van der Waals surface area contributed by atoms with Gasteiger partial charge in [0.1, 0.15) is 17.7 Å². The van der Waals surface area contributed by atoms with Crippen molar-refractivity contribution in [3.63, 3.8) is 0 Å². The predicted molar refractivity (Wildman–Crippen MR) is 103 cm³/mol. The highest BCUT2D eigenvalue weighted by Gasteiger charge is 2.31. The lowest BCUT2D eigenvalue weighted by atomic mass is 10.2. The van der Waals surface area contributed by atoms with Gasteiger partial charge < -0.3 is 10.1 Å². The number of thiazole rings is 1. The molecule has 10 heteroatoms. The van der Waals surface area contributed by atoms with Crippen molar-refractivity contribution in [2.75, 3.05) is 11.9 Å². The molecule has 0 unspecified atom stereocenters. The third-order valence-corrected chi connectivity index (χ3v) is 5.59. The van der Waals surface area contributed by atoms with Gasteiger partial charge in [0, 0.05) is 44.7 Å². The number of rotatable bonds is 5. The lowest BCUT2D eigenvalue weighted by Crippen LogP contribution is -2.28. The number of amides is 1. The van der Waals surface area contributed by atoms with Crippen LogP contribution >= 0.6 is 11.3 Å². The number of anilines is 1. The van der Waals surface area contributed by atoms with Crippen molar-refractivity contribution in [3.8, 4) is 5.75 Å². The maximum Gasteiger partial charge on any atom is 0.230 e. The lowest BCUT2D eigenvalue weighted by molar-refractivity contribution is -0.114. The van der Waals surface area contributed by atoms with Crippen LogP contribution in [0.3, 0.4) is 0 Å². The predicted octanol–water partition coefficient (Wildman–Crippen LogP) is 2.63. The van der Waals surface area contributed by atoms with Gasteiger partial charge in [-0.25, -0.2) is 9.50 Å². The summed E-state index contributed by atoms with van der Waals surface area (Å²) in [5.74, 6) is 0.667. The number of carbonyl (C=O) groups excluding carboxylic acids is 1. The molecule has 0 aliphatic carbocycles. The first-order chi connectivity index (χ1) is 13.4. The number of carbonyl (C=O) groups is 1. The molecule has 0 bridgehead atoms. The van der Waals surface area contributed by atoms with E-state index in [0.717, 1.165) is 17.8 Å². The Kier molecular flexibility index (Phi) is 4.98. The van der Waals surface area contributed by atoms with E-state index in [1.54, 1.807) is 4.52 Å². The minimum atomic E-state index is -0.530. The number of nitrogens with zero attached hydrogens (tertiary/aromatic N) is 5. The van der Waals surface area contributed by atoms with Crippen molar-refractivity contribution < 1.29 is 13.9 Å². The van der Waals surface area contributed by atoms with E-state index in [1.165, 1.54) is 18.3 Å². The van der Waals surface area contributed by atoms with Crippen LogP contribution in [0.2, 0.25) is 0 Å². The van der Waals surface area contributed by atoms with E-state index in [-0.39, 0.29) is 23.2 Å². The van der Waals surface area contributed by atoms with E-state index in [1.807, 2.05) is 25.3 Å². The lowest BCUT2D eigenvalue weighted by Gasteiger charge is -2.19. The molecular weight excluding hydrogens is 383 g/mol. The first-order valence-corrected chi connectivity index (χ1v) is 9.85. The normalized spacial score (nSPS) is 20.0. The number of aryl methyl sites for hydroxylation is 1. The number of pyridine rings is 1. The standard InChI is InChI=1S/C18H21FN6O2S/c1-10-6-14(27-13-4-5-25-16(7-13)20-11(2)23-25)8-24(10)9-15-17(19)22-18(28-15)21-12(3)26/h4-5,7,10,14H,6,8-9H2,1-3H3,(H,21,22,26)/t10-,14+/m0/s1. The maximum atomic E-state index is 14.1. The topological polar surface area (TPSA) is 84.7 Å². The molecule has 3 aromatic rings. The minimum absolute atomic E-state index is 0.00673. The highest BCUT2D eigenvalue weighted by molar-refractivity contribution is 7.15. The average Bonchev–Trinajstić information content (AvgIpc) is 3.24.